The highest BCUT2D eigenvalue weighted by atomic mass is 127. The topological polar surface area (TPSA) is 17.1 Å². The first-order chi connectivity index (χ1) is 7.69. The second-order valence-corrected chi connectivity index (χ2v) is 5.08. The van der Waals surface area contributed by atoms with Crippen molar-refractivity contribution in [3.05, 3.63) is 56.6 Å². The van der Waals surface area contributed by atoms with Crippen LogP contribution in [0.3, 0.4) is 0 Å². The Morgan fingerprint density at radius 2 is 1.69 bits per heavy atom. The third-order valence-corrected chi connectivity index (χ3v) is 3.11. The largest absolute Gasteiger partial charge is 0.298 e. The highest BCUT2D eigenvalue weighted by Crippen LogP contribution is 2.24. The van der Waals surface area contributed by atoms with Gasteiger partial charge in [-0.15, -0.1) is 0 Å². The summed E-state index contributed by atoms with van der Waals surface area (Å²) in [5.41, 5.74) is 2.79. The van der Waals surface area contributed by atoms with Gasteiger partial charge in [0.05, 0.1) is 0 Å². The van der Waals surface area contributed by atoms with Gasteiger partial charge in [0.15, 0.2) is 0 Å². The van der Waals surface area contributed by atoms with Crippen LogP contribution in [0, 0.1) is 3.57 Å². The van der Waals surface area contributed by atoms with Crippen molar-refractivity contribution >= 4 is 40.5 Å². The van der Waals surface area contributed by atoms with Crippen molar-refractivity contribution in [3.8, 4) is 11.1 Å². The minimum Gasteiger partial charge on any atom is -0.298 e. The summed E-state index contributed by atoms with van der Waals surface area (Å²) >= 11 is 8.03. The quantitative estimate of drug-likeness (QED) is 0.583. The van der Waals surface area contributed by atoms with Gasteiger partial charge >= 0.3 is 0 Å². The lowest BCUT2D eigenvalue weighted by Crippen LogP contribution is -1.85. The Kier molecular flexibility index (Phi) is 3.61. The van der Waals surface area contributed by atoms with E-state index in [1.54, 1.807) is 0 Å². The Hall–Kier alpha value is -0.870. The first-order valence-corrected chi connectivity index (χ1v) is 6.16. The number of carbonyl (C=O) groups excluding carboxylic acids is 1. The lowest BCUT2D eigenvalue weighted by molar-refractivity contribution is 0.112. The highest BCUT2D eigenvalue weighted by molar-refractivity contribution is 14.1. The first kappa shape index (κ1) is 11.6. The fourth-order valence-electron chi connectivity index (χ4n) is 1.49. The number of carbonyl (C=O) groups is 1. The molecule has 1 nitrogen and oxygen atoms in total. The summed E-state index contributed by atoms with van der Waals surface area (Å²) in [5, 5.41) is 0.713. The van der Waals surface area contributed by atoms with Crippen molar-refractivity contribution in [1.29, 1.82) is 0 Å². The summed E-state index contributed by atoms with van der Waals surface area (Å²) in [6.07, 6.45) is 0.863. The van der Waals surface area contributed by atoms with Gasteiger partial charge in [-0.25, -0.2) is 0 Å². The average molecular weight is 343 g/mol. The molecule has 0 saturated heterocycles. The molecule has 0 aromatic heterocycles. The van der Waals surface area contributed by atoms with E-state index in [1.807, 2.05) is 42.5 Å². The third kappa shape index (κ3) is 2.62. The van der Waals surface area contributed by atoms with Gasteiger partial charge in [0.2, 0.25) is 0 Å². The number of hydrogen-bond acceptors (Lipinski definition) is 1. The smallest absolute Gasteiger partial charge is 0.150 e. The number of rotatable bonds is 2. The Balaban J connectivity index is 2.51. The lowest BCUT2D eigenvalue weighted by Gasteiger charge is -2.04. The molecule has 0 aliphatic heterocycles. The molecule has 0 saturated carbocycles. The summed E-state index contributed by atoms with van der Waals surface area (Å²) in [5.74, 6) is 0. The Labute approximate surface area is 113 Å². The molecule has 3 heteroatoms. The van der Waals surface area contributed by atoms with Crippen LogP contribution in [-0.4, -0.2) is 6.29 Å². The van der Waals surface area contributed by atoms with Gasteiger partial charge in [-0.05, 0) is 64.0 Å². The summed E-state index contributed by atoms with van der Waals surface area (Å²) in [6, 6.07) is 13.3. The number of benzene rings is 2. The van der Waals surface area contributed by atoms with Gasteiger partial charge in [0, 0.05) is 14.2 Å². The van der Waals surface area contributed by atoms with Crippen LogP contribution in [0.5, 0.6) is 0 Å². The lowest BCUT2D eigenvalue weighted by atomic mass is 10.0. The van der Waals surface area contributed by atoms with Gasteiger partial charge in [0.1, 0.15) is 6.29 Å². The van der Waals surface area contributed by atoms with E-state index >= 15 is 0 Å². The Bertz CT molecular complexity index is 520. The molecule has 0 amide bonds. The first-order valence-electron chi connectivity index (χ1n) is 4.71. The van der Waals surface area contributed by atoms with Crippen LogP contribution in [0.1, 0.15) is 10.4 Å². The molecule has 0 aliphatic carbocycles. The number of aldehydes is 1. The van der Waals surface area contributed by atoms with E-state index in [9.17, 15) is 4.79 Å². The van der Waals surface area contributed by atoms with Crippen molar-refractivity contribution < 1.29 is 4.79 Å². The molecule has 80 valence electrons. The van der Waals surface area contributed by atoms with E-state index in [4.69, 9.17) is 11.6 Å². The van der Waals surface area contributed by atoms with Crippen molar-refractivity contribution in [2.24, 2.45) is 0 Å². The minimum absolute atomic E-state index is 0.692. The van der Waals surface area contributed by atoms with Crippen molar-refractivity contribution in [2.75, 3.05) is 0 Å². The van der Waals surface area contributed by atoms with Crippen LogP contribution in [0.4, 0.5) is 0 Å². The van der Waals surface area contributed by atoms with Crippen LogP contribution in [0.15, 0.2) is 42.5 Å². The van der Waals surface area contributed by atoms with E-state index in [0.717, 1.165) is 21.0 Å². The Morgan fingerprint density at radius 1 is 1.00 bits per heavy atom. The Morgan fingerprint density at radius 3 is 2.31 bits per heavy atom. The molecule has 0 spiro atoms. The van der Waals surface area contributed by atoms with E-state index in [0.29, 0.717) is 10.6 Å². The predicted molar refractivity (Wildman–Crippen MR) is 75.0 cm³/mol. The van der Waals surface area contributed by atoms with E-state index in [2.05, 4.69) is 22.6 Å². The maximum absolute atomic E-state index is 10.8. The molecule has 2 rings (SSSR count). The van der Waals surface area contributed by atoms with Crippen LogP contribution >= 0.6 is 34.2 Å². The van der Waals surface area contributed by atoms with E-state index < -0.39 is 0 Å². The van der Waals surface area contributed by atoms with Crippen LogP contribution in [-0.2, 0) is 0 Å². The predicted octanol–water partition coefficient (Wildman–Crippen LogP) is 4.42. The molecular formula is C13H8ClIO. The summed E-state index contributed by atoms with van der Waals surface area (Å²) in [4.78, 5) is 10.8. The molecule has 0 N–H and O–H groups in total. The molecule has 0 fully saturated rings. The zero-order valence-electron chi connectivity index (χ0n) is 8.28. The molecule has 0 heterocycles. The van der Waals surface area contributed by atoms with E-state index in [1.165, 1.54) is 0 Å². The molecular weight excluding hydrogens is 334 g/mol. The highest BCUT2D eigenvalue weighted by Gasteiger charge is 2.01. The fourth-order valence-corrected chi connectivity index (χ4v) is 2.31. The van der Waals surface area contributed by atoms with Crippen molar-refractivity contribution in [3.63, 3.8) is 0 Å². The van der Waals surface area contributed by atoms with Crippen LogP contribution in [0.2, 0.25) is 5.02 Å². The second-order valence-electron chi connectivity index (χ2n) is 3.40. The normalized spacial score (nSPS) is 10.1. The molecule has 2 aromatic carbocycles. The maximum Gasteiger partial charge on any atom is 0.150 e. The third-order valence-electron chi connectivity index (χ3n) is 2.23. The molecule has 16 heavy (non-hydrogen) atoms. The zero-order valence-corrected chi connectivity index (χ0v) is 11.2. The number of hydrogen-bond donors (Lipinski definition) is 0. The molecule has 0 bridgehead atoms. The second kappa shape index (κ2) is 4.97. The number of halogens is 2. The monoisotopic (exact) mass is 342 g/mol. The summed E-state index contributed by atoms with van der Waals surface area (Å²) < 4.78 is 1.05. The molecule has 0 aliphatic rings. The molecule has 0 unspecified atom stereocenters. The molecule has 0 atom stereocenters. The van der Waals surface area contributed by atoms with Gasteiger partial charge in [-0.2, -0.15) is 0 Å². The fraction of sp³-hybridized carbons (Fsp3) is 0. The maximum atomic E-state index is 10.8. The summed E-state index contributed by atoms with van der Waals surface area (Å²) in [6.45, 7) is 0. The zero-order chi connectivity index (χ0) is 11.5. The van der Waals surface area contributed by atoms with Gasteiger partial charge in [-0.3, -0.25) is 4.79 Å². The minimum atomic E-state index is 0.692. The van der Waals surface area contributed by atoms with Gasteiger partial charge < -0.3 is 0 Å². The average Bonchev–Trinajstić information content (AvgIpc) is 2.29. The van der Waals surface area contributed by atoms with Crippen molar-refractivity contribution in [1.82, 2.24) is 0 Å². The molecule has 2 aromatic rings. The van der Waals surface area contributed by atoms with Gasteiger partial charge in [-0.1, -0.05) is 23.7 Å². The van der Waals surface area contributed by atoms with Crippen molar-refractivity contribution in [2.45, 2.75) is 0 Å². The molecule has 0 radical (unpaired) electrons. The standard InChI is InChI=1S/C13H8ClIO/c14-12-3-1-10(2-4-12)11-5-9(8-16)6-13(15)7-11/h1-8H. The van der Waals surface area contributed by atoms with Crippen LogP contribution < -0.4 is 0 Å². The van der Waals surface area contributed by atoms with E-state index in [-0.39, 0.29) is 0 Å². The van der Waals surface area contributed by atoms with Crippen LogP contribution in [0.25, 0.3) is 11.1 Å². The SMILES string of the molecule is O=Cc1cc(I)cc(-c2ccc(Cl)cc2)c1. The van der Waals surface area contributed by atoms with Gasteiger partial charge in [0.25, 0.3) is 0 Å². The summed E-state index contributed by atoms with van der Waals surface area (Å²) in [7, 11) is 0.